The predicted molar refractivity (Wildman–Crippen MR) is 91.8 cm³/mol. The average Bonchev–Trinajstić information content (AvgIpc) is 2.99. The molecule has 0 amide bonds. The Morgan fingerprint density at radius 3 is 2.75 bits per heavy atom. The van der Waals surface area contributed by atoms with Gasteiger partial charge in [-0.2, -0.15) is 5.10 Å². The number of hydrogen-bond donors (Lipinski definition) is 1. The molecule has 0 saturated carbocycles. The molecule has 0 radical (unpaired) electrons. The van der Waals surface area contributed by atoms with E-state index in [1.165, 1.54) is 0 Å². The maximum absolute atomic E-state index is 11.9. The highest BCUT2D eigenvalue weighted by molar-refractivity contribution is 6.02. The normalized spacial score (nSPS) is 16.8. The number of benzene rings is 2. The Balaban J connectivity index is 1.88. The van der Waals surface area contributed by atoms with Crippen molar-refractivity contribution < 1.29 is 14.6 Å². The van der Waals surface area contributed by atoms with E-state index in [0.717, 1.165) is 16.8 Å². The van der Waals surface area contributed by atoms with E-state index in [-0.39, 0.29) is 24.3 Å². The van der Waals surface area contributed by atoms with E-state index in [0.29, 0.717) is 13.0 Å². The maximum atomic E-state index is 11.9. The summed E-state index contributed by atoms with van der Waals surface area (Å²) in [6.07, 6.45) is 0.673. The largest absolute Gasteiger partial charge is 0.508 e. The third-order valence-corrected chi connectivity index (χ3v) is 3.96. The van der Waals surface area contributed by atoms with Crippen molar-refractivity contribution in [1.82, 2.24) is 5.01 Å². The molecule has 1 unspecified atom stereocenters. The Morgan fingerprint density at radius 1 is 1.25 bits per heavy atom. The van der Waals surface area contributed by atoms with E-state index >= 15 is 0 Å². The molecule has 124 valence electrons. The van der Waals surface area contributed by atoms with Crippen molar-refractivity contribution in [3.05, 3.63) is 65.7 Å². The summed E-state index contributed by atoms with van der Waals surface area (Å²) in [6.45, 7) is 2.25. The summed E-state index contributed by atoms with van der Waals surface area (Å²) in [5, 5.41) is 16.1. The Kier molecular flexibility index (Phi) is 4.79. The maximum Gasteiger partial charge on any atom is 0.327 e. The molecule has 3 rings (SSSR count). The summed E-state index contributed by atoms with van der Waals surface area (Å²) in [7, 11) is 0. The van der Waals surface area contributed by atoms with E-state index in [9.17, 15) is 9.90 Å². The number of carbonyl (C=O) groups is 1. The van der Waals surface area contributed by atoms with Gasteiger partial charge < -0.3 is 9.84 Å². The Morgan fingerprint density at radius 2 is 2.04 bits per heavy atom. The van der Waals surface area contributed by atoms with Crippen LogP contribution in [0, 0.1) is 0 Å². The number of ether oxygens (including phenoxy) is 1. The van der Waals surface area contributed by atoms with Crippen LogP contribution >= 0.6 is 0 Å². The molecule has 24 heavy (non-hydrogen) atoms. The van der Waals surface area contributed by atoms with Gasteiger partial charge in [-0.3, -0.25) is 9.80 Å². The molecule has 0 saturated heterocycles. The zero-order valence-electron chi connectivity index (χ0n) is 13.6. The second-order valence-electron chi connectivity index (χ2n) is 5.63. The smallest absolute Gasteiger partial charge is 0.327 e. The van der Waals surface area contributed by atoms with Crippen LogP contribution in [0.15, 0.2) is 59.7 Å². The number of phenolic OH excluding ortho intramolecular Hbond substituents is 1. The molecular formula is C19H20N2O3. The van der Waals surface area contributed by atoms with Gasteiger partial charge in [0, 0.05) is 12.0 Å². The van der Waals surface area contributed by atoms with E-state index in [2.05, 4.69) is 5.10 Å². The van der Waals surface area contributed by atoms with Gasteiger partial charge >= 0.3 is 5.97 Å². The number of aromatic hydroxyl groups is 1. The average molecular weight is 324 g/mol. The quantitative estimate of drug-likeness (QED) is 0.859. The molecule has 5 nitrogen and oxygen atoms in total. The fraction of sp³-hybridized carbons (Fsp3) is 0.263. The van der Waals surface area contributed by atoms with Crippen molar-refractivity contribution in [2.45, 2.75) is 19.4 Å². The third-order valence-electron chi connectivity index (χ3n) is 3.96. The van der Waals surface area contributed by atoms with Crippen molar-refractivity contribution in [1.29, 1.82) is 0 Å². The van der Waals surface area contributed by atoms with Crippen LogP contribution in [0.2, 0.25) is 0 Å². The molecule has 1 heterocycles. The number of hydrogen-bond acceptors (Lipinski definition) is 5. The fourth-order valence-electron chi connectivity index (χ4n) is 2.86. The van der Waals surface area contributed by atoms with Crippen molar-refractivity contribution in [2.75, 3.05) is 13.2 Å². The van der Waals surface area contributed by atoms with Gasteiger partial charge in [-0.05, 0) is 24.6 Å². The van der Waals surface area contributed by atoms with Gasteiger partial charge in [-0.15, -0.1) is 0 Å². The van der Waals surface area contributed by atoms with Gasteiger partial charge in [0.2, 0.25) is 0 Å². The number of nitrogens with zero attached hydrogens (tertiary/aromatic N) is 2. The summed E-state index contributed by atoms with van der Waals surface area (Å²) in [5.41, 5.74) is 2.81. The lowest BCUT2D eigenvalue weighted by atomic mass is 9.98. The summed E-state index contributed by atoms with van der Waals surface area (Å²) >= 11 is 0. The Labute approximate surface area is 141 Å². The Bertz CT molecular complexity index is 743. The minimum Gasteiger partial charge on any atom is -0.508 e. The lowest BCUT2D eigenvalue weighted by Crippen LogP contribution is -2.27. The van der Waals surface area contributed by atoms with Crippen molar-refractivity contribution >= 4 is 11.7 Å². The van der Waals surface area contributed by atoms with Gasteiger partial charge in [0.1, 0.15) is 12.3 Å². The lowest BCUT2D eigenvalue weighted by Gasteiger charge is -2.22. The number of esters is 1. The lowest BCUT2D eigenvalue weighted by molar-refractivity contribution is -0.144. The molecule has 2 aromatic carbocycles. The van der Waals surface area contributed by atoms with E-state index < -0.39 is 0 Å². The molecule has 1 N–H and O–H groups in total. The molecule has 2 aromatic rings. The van der Waals surface area contributed by atoms with Crippen LogP contribution in [-0.2, 0) is 9.53 Å². The zero-order chi connectivity index (χ0) is 16.9. The van der Waals surface area contributed by atoms with E-state index in [4.69, 9.17) is 4.74 Å². The first kappa shape index (κ1) is 16.1. The van der Waals surface area contributed by atoms with E-state index in [1.54, 1.807) is 30.1 Å². The van der Waals surface area contributed by atoms with Crippen LogP contribution in [0.5, 0.6) is 5.75 Å². The fourth-order valence-corrected chi connectivity index (χ4v) is 2.86. The monoisotopic (exact) mass is 324 g/mol. The van der Waals surface area contributed by atoms with Gasteiger partial charge in [0.25, 0.3) is 0 Å². The van der Waals surface area contributed by atoms with Crippen LogP contribution in [-0.4, -0.2) is 34.9 Å². The zero-order valence-corrected chi connectivity index (χ0v) is 13.6. The second kappa shape index (κ2) is 7.17. The van der Waals surface area contributed by atoms with Crippen molar-refractivity contribution in [3.63, 3.8) is 0 Å². The SMILES string of the molecule is CCOC(=O)CN1N=C(c2cccc(O)c2)CC1c1ccccc1. The highest BCUT2D eigenvalue weighted by Crippen LogP contribution is 2.32. The van der Waals surface area contributed by atoms with Crippen LogP contribution in [0.1, 0.15) is 30.5 Å². The molecule has 1 aliphatic heterocycles. The summed E-state index contributed by atoms with van der Waals surface area (Å²) in [6, 6.07) is 17.0. The third kappa shape index (κ3) is 3.56. The number of rotatable bonds is 5. The Hall–Kier alpha value is -2.82. The van der Waals surface area contributed by atoms with Gasteiger partial charge in [0.05, 0.1) is 18.4 Å². The topological polar surface area (TPSA) is 62.1 Å². The molecule has 0 fully saturated rings. The second-order valence-corrected chi connectivity index (χ2v) is 5.63. The van der Waals surface area contributed by atoms with Gasteiger partial charge in [-0.25, -0.2) is 0 Å². The van der Waals surface area contributed by atoms with Gasteiger partial charge in [-0.1, -0.05) is 42.5 Å². The molecule has 5 heteroatoms. The van der Waals surface area contributed by atoms with Crippen LogP contribution in [0.3, 0.4) is 0 Å². The molecule has 0 aliphatic carbocycles. The molecule has 0 bridgehead atoms. The molecular weight excluding hydrogens is 304 g/mol. The first-order valence-corrected chi connectivity index (χ1v) is 8.01. The number of phenols is 1. The first-order chi connectivity index (χ1) is 11.7. The number of hydrazone groups is 1. The summed E-state index contributed by atoms with van der Waals surface area (Å²) in [4.78, 5) is 11.9. The summed E-state index contributed by atoms with van der Waals surface area (Å²) < 4.78 is 5.06. The minimum atomic E-state index is -0.292. The number of carbonyl (C=O) groups excluding carboxylic acids is 1. The van der Waals surface area contributed by atoms with Crippen LogP contribution in [0.25, 0.3) is 0 Å². The van der Waals surface area contributed by atoms with Crippen LogP contribution in [0.4, 0.5) is 0 Å². The molecule has 1 atom stereocenters. The highest BCUT2D eigenvalue weighted by atomic mass is 16.5. The van der Waals surface area contributed by atoms with Crippen molar-refractivity contribution in [2.24, 2.45) is 5.10 Å². The standard InChI is InChI=1S/C19H20N2O3/c1-2-24-19(23)13-21-18(14-7-4-3-5-8-14)12-17(20-21)15-9-6-10-16(22)11-15/h3-11,18,22H,2,12-13H2,1H3. The van der Waals surface area contributed by atoms with Crippen LogP contribution < -0.4 is 0 Å². The van der Waals surface area contributed by atoms with Crippen molar-refractivity contribution in [3.8, 4) is 5.75 Å². The summed E-state index contributed by atoms with van der Waals surface area (Å²) in [5.74, 6) is -0.0883. The minimum absolute atomic E-state index is 0.0204. The molecule has 0 aromatic heterocycles. The van der Waals surface area contributed by atoms with E-state index in [1.807, 2.05) is 36.4 Å². The first-order valence-electron chi connectivity index (χ1n) is 8.01. The molecule has 1 aliphatic rings. The van der Waals surface area contributed by atoms with Gasteiger partial charge in [0.15, 0.2) is 0 Å². The highest BCUT2D eigenvalue weighted by Gasteiger charge is 2.30. The molecule has 0 spiro atoms. The predicted octanol–water partition coefficient (Wildman–Crippen LogP) is 3.11.